The molecule has 5 aromatic rings. The lowest BCUT2D eigenvalue weighted by Crippen LogP contribution is -2.11. The Morgan fingerprint density at radius 3 is 2.59 bits per heavy atom. The van der Waals surface area contributed by atoms with Gasteiger partial charge in [0.25, 0.3) is 15.9 Å². The number of amidine groups is 1. The number of rotatable bonds is 3. The maximum Gasteiger partial charge on any atom is 0.285 e. The molecule has 8 nitrogen and oxygen atoms in total. The van der Waals surface area contributed by atoms with Gasteiger partial charge in [0.1, 0.15) is 4.90 Å². The Morgan fingerprint density at radius 2 is 1.72 bits per heavy atom. The van der Waals surface area contributed by atoms with E-state index in [4.69, 9.17) is 4.52 Å². The average Bonchev–Trinajstić information content (AvgIpc) is 3.53. The second kappa shape index (κ2) is 6.89. The van der Waals surface area contributed by atoms with Crippen molar-refractivity contribution >= 4 is 32.4 Å². The van der Waals surface area contributed by atoms with E-state index in [9.17, 15) is 8.42 Å². The summed E-state index contributed by atoms with van der Waals surface area (Å²) < 4.78 is 33.7. The van der Waals surface area contributed by atoms with Crippen molar-refractivity contribution in [2.75, 3.05) is 5.32 Å². The summed E-state index contributed by atoms with van der Waals surface area (Å²) in [6, 6.07) is 21.9. The molecule has 0 saturated heterocycles. The van der Waals surface area contributed by atoms with Gasteiger partial charge in [0, 0.05) is 39.5 Å². The first-order valence-corrected chi connectivity index (χ1v) is 11.2. The highest BCUT2D eigenvalue weighted by atomic mass is 32.2. The third-order valence-electron chi connectivity index (χ3n) is 5.26. The molecule has 0 aliphatic carbocycles. The molecule has 1 aliphatic rings. The molecule has 0 bridgehead atoms. The van der Waals surface area contributed by atoms with Crippen molar-refractivity contribution in [3.05, 3.63) is 84.6 Å². The minimum absolute atomic E-state index is 0.204. The zero-order chi connectivity index (χ0) is 21.7. The molecule has 3 aromatic carbocycles. The van der Waals surface area contributed by atoms with Gasteiger partial charge in [-0.1, -0.05) is 17.3 Å². The van der Waals surface area contributed by atoms with E-state index in [-0.39, 0.29) is 4.90 Å². The zero-order valence-electron chi connectivity index (χ0n) is 16.5. The zero-order valence-corrected chi connectivity index (χ0v) is 17.3. The lowest BCUT2D eigenvalue weighted by atomic mass is 10.1. The van der Waals surface area contributed by atoms with Gasteiger partial charge in [-0.25, -0.2) is 0 Å². The molecule has 156 valence electrons. The lowest BCUT2D eigenvalue weighted by molar-refractivity contribution is 0.432. The third-order valence-corrected chi connectivity index (χ3v) is 6.60. The van der Waals surface area contributed by atoms with Crippen LogP contribution >= 0.6 is 0 Å². The monoisotopic (exact) mass is 441 g/mol. The fraction of sp³-hybridized carbons (Fsp3) is 0. The van der Waals surface area contributed by atoms with E-state index < -0.39 is 10.0 Å². The molecule has 32 heavy (non-hydrogen) atoms. The van der Waals surface area contributed by atoms with Crippen LogP contribution in [-0.4, -0.2) is 29.4 Å². The molecule has 6 rings (SSSR count). The van der Waals surface area contributed by atoms with Crippen LogP contribution < -0.4 is 5.32 Å². The third kappa shape index (κ3) is 3.07. The molecule has 3 heterocycles. The Hall–Kier alpha value is -4.24. The van der Waals surface area contributed by atoms with Crippen LogP contribution in [0.15, 0.2) is 92.8 Å². The second-order valence-corrected chi connectivity index (χ2v) is 8.89. The Labute approximate surface area is 182 Å². The number of H-pyrrole nitrogens is 1. The van der Waals surface area contributed by atoms with Crippen molar-refractivity contribution in [3.63, 3.8) is 0 Å². The van der Waals surface area contributed by atoms with Crippen LogP contribution in [0, 0.1) is 0 Å². The van der Waals surface area contributed by atoms with Gasteiger partial charge in [0.2, 0.25) is 5.82 Å². The van der Waals surface area contributed by atoms with Crippen molar-refractivity contribution in [2.24, 2.45) is 4.40 Å². The van der Waals surface area contributed by atoms with Crippen LogP contribution in [0.1, 0.15) is 5.56 Å². The molecule has 1 aliphatic heterocycles. The molecule has 0 spiro atoms. The van der Waals surface area contributed by atoms with E-state index in [2.05, 4.69) is 24.8 Å². The summed E-state index contributed by atoms with van der Waals surface area (Å²) in [5, 5.41) is 8.25. The highest BCUT2D eigenvalue weighted by Gasteiger charge is 2.28. The Balaban J connectivity index is 1.25. The van der Waals surface area contributed by atoms with Gasteiger partial charge in [0.15, 0.2) is 5.84 Å². The summed E-state index contributed by atoms with van der Waals surface area (Å²) in [6.45, 7) is 0. The molecule has 2 N–H and O–H groups in total. The first-order valence-electron chi connectivity index (χ1n) is 9.80. The normalized spacial score (nSPS) is 14.3. The lowest BCUT2D eigenvalue weighted by Gasteiger charge is -2.06. The number of anilines is 1. The molecular formula is C23H15N5O3S. The van der Waals surface area contributed by atoms with Crippen molar-refractivity contribution in [1.29, 1.82) is 0 Å². The predicted molar refractivity (Wildman–Crippen MR) is 121 cm³/mol. The van der Waals surface area contributed by atoms with E-state index in [0.29, 0.717) is 28.8 Å². The number of nitrogens with zero attached hydrogens (tertiary/aromatic N) is 3. The van der Waals surface area contributed by atoms with Crippen LogP contribution in [0.4, 0.5) is 5.69 Å². The fourth-order valence-electron chi connectivity index (χ4n) is 3.68. The topological polar surface area (TPSA) is 113 Å². The minimum atomic E-state index is -3.67. The van der Waals surface area contributed by atoms with Crippen LogP contribution in [0.3, 0.4) is 0 Å². The van der Waals surface area contributed by atoms with Gasteiger partial charge in [-0.2, -0.15) is 13.4 Å². The largest absolute Gasteiger partial charge is 0.361 e. The molecule has 0 atom stereocenters. The second-order valence-electron chi connectivity index (χ2n) is 7.32. The summed E-state index contributed by atoms with van der Waals surface area (Å²) in [4.78, 5) is 7.87. The first-order chi connectivity index (χ1) is 15.6. The Morgan fingerprint density at radius 1 is 0.906 bits per heavy atom. The molecule has 0 amide bonds. The molecule has 0 fully saturated rings. The first kappa shape index (κ1) is 18.5. The smallest absolute Gasteiger partial charge is 0.285 e. The van der Waals surface area contributed by atoms with Crippen molar-refractivity contribution in [2.45, 2.75) is 4.90 Å². The Kier molecular flexibility index (Phi) is 3.99. The number of fused-ring (bicyclic) bond motifs is 2. The van der Waals surface area contributed by atoms with Gasteiger partial charge in [-0.15, -0.1) is 4.40 Å². The molecule has 0 unspecified atom stereocenters. The number of aromatic amines is 1. The number of hydrogen-bond acceptors (Lipinski definition) is 6. The highest BCUT2D eigenvalue weighted by Crippen LogP contribution is 2.28. The molecular weight excluding hydrogens is 426 g/mol. The van der Waals surface area contributed by atoms with Crippen LogP contribution in [0.2, 0.25) is 0 Å². The molecule has 0 saturated carbocycles. The standard InChI is InChI=1S/C23H15N5O3S/c29-32(30)20-4-2-1-3-18(20)22(28-32)25-17-8-5-14(6-9-17)23-26-21(27-31-23)16-7-10-19-15(13-16)11-12-24-19/h1-13,24H,(H,25,28). The number of aromatic nitrogens is 3. The Bertz CT molecular complexity index is 1610. The van der Waals surface area contributed by atoms with E-state index in [1.54, 1.807) is 36.4 Å². The van der Waals surface area contributed by atoms with Crippen LogP contribution in [-0.2, 0) is 10.0 Å². The van der Waals surface area contributed by atoms with E-state index in [1.807, 2.05) is 42.6 Å². The van der Waals surface area contributed by atoms with Gasteiger partial charge in [-0.3, -0.25) is 0 Å². The van der Waals surface area contributed by atoms with Crippen LogP contribution in [0.5, 0.6) is 0 Å². The van der Waals surface area contributed by atoms with E-state index in [0.717, 1.165) is 22.0 Å². The summed E-state index contributed by atoms with van der Waals surface area (Å²) in [6.07, 6.45) is 1.89. The minimum Gasteiger partial charge on any atom is -0.361 e. The SMILES string of the molecule is O=S1(=O)N=C(Nc2ccc(-c3nc(-c4ccc5[nH]ccc5c4)no3)cc2)c2ccccc21. The number of sulfonamides is 1. The summed E-state index contributed by atoms with van der Waals surface area (Å²) >= 11 is 0. The van der Waals surface area contributed by atoms with Gasteiger partial charge >= 0.3 is 0 Å². The van der Waals surface area contributed by atoms with Gasteiger partial charge in [0.05, 0.1) is 0 Å². The fourth-order valence-corrected chi connectivity index (χ4v) is 4.85. The van der Waals surface area contributed by atoms with Crippen molar-refractivity contribution < 1.29 is 12.9 Å². The summed E-state index contributed by atoms with van der Waals surface area (Å²) in [5.74, 6) is 1.20. The highest BCUT2D eigenvalue weighted by molar-refractivity contribution is 7.90. The van der Waals surface area contributed by atoms with Gasteiger partial charge in [-0.05, 0) is 60.7 Å². The average molecular weight is 441 g/mol. The molecule has 0 radical (unpaired) electrons. The number of benzene rings is 3. The van der Waals surface area contributed by atoms with Crippen molar-refractivity contribution in [3.8, 4) is 22.8 Å². The molecule has 9 heteroatoms. The van der Waals surface area contributed by atoms with E-state index >= 15 is 0 Å². The number of hydrogen-bond donors (Lipinski definition) is 2. The van der Waals surface area contributed by atoms with E-state index in [1.165, 1.54) is 0 Å². The van der Waals surface area contributed by atoms with Gasteiger partial charge < -0.3 is 14.8 Å². The number of nitrogens with one attached hydrogen (secondary N) is 2. The predicted octanol–water partition coefficient (Wildman–Crippen LogP) is 4.45. The quantitative estimate of drug-likeness (QED) is 0.428. The maximum absolute atomic E-state index is 12.2. The molecule has 2 aromatic heterocycles. The summed E-state index contributed by atoms with van der Waals surface area (Å²) in [5.41, 5.74) is 3.90. The van der Waals surface area contributed by atoms with Crippen molar-refractivity contribution in [1.82, 2.24) is 15.1 Å². The maximum atomic E-state index is 12.2. The van der Waals surface area contributed by atoms with Crippen LogP contribution in [0.25, 0.3) is 33.7 Å². The summed E-state index contributed by atoms with van der Waals surface area (Å²) in [7, 11) is -3.67.